The van der Waals surface area contributed by atoms with Gasteiger partial charge in [-0.3, -0.25) is 9.69 Å². The van der Waals surface area contributed by atoms with Gasteiger partial charge in [0.15, 0.2) is 5.78 Å². The zero-order chi connectivity index (χ0) is 15.2. The van der Waals surface area contributed by atoms with Crippen LogP contribution in [0.2, 0.25) is 0 Å². The first-order chi connectivity index (χ1) is 10.1. The summed E-state index contributed by atoms with van der Waals surface area (Å²) in [5.41, 5.74) is 0.286. The van der Waals surface area contributed by atoms with Crippen LogP contribution in [0.5, 0.6) is 5.75 Å². The Bertz CT molecular complexity index is 486. The van der Waals surface area contributed by atoms with Gasteiger partial charge in [0.2, 0.25) is 0 Å². The van der Waals surface area contributed by atoms with Gasteiger partial charge in [0, 0.05) is 13.2 Å². The molecule has 0 amide bonds. The van der Waals surface area contributed by atoms with E-state index in [1.807, 2.05) is 11.9 Å². The van der Waals surface area contributed by atoms with Gasteiger partial charge in [-0.15, -0.1) is 0 Å². The minimum atomic E-state index is -0.433. The van der Waals surface area contributed by atoms with Crippen molar-refractivity contribution < 1.29 is 18.7 Å². The standard InChI is InChI=1S/C16H22FNO3/c1-18(10-13-5-3-4-8-21-13)11-15(19)14-9-12(17)6-7-16(14)20-2/h6-7,9,13H,3-5,8,10-11H2,1-2H3. The van der Waals surface area contributed by atoms with Gasteiger partial charge in [-0.05, 0) is 44.5 Å². The first kappa shape index (κ1) is 15.9. The minimum Gasteiger partial charge on any atom is -0.496 e. The van der Waals surface area contributed by atoms with Crippen LogP contribution in [0.4, 0.5) is 4.39 Å². The van der Waals surface area contributed by atoms with E-state index in [1.165, 1.54) is 31.7 Å². The molecule has 0 aromatic heterocycles. The van der Waals surface area contributed by atoms with Crippen LogP contribution in [0.1, 0.15) is 29.6 Å². The van der Waals surface area contributed by atoms with Gasteiger partial charge in [0.25, 0.3) is 0 Å². The highest BCUT2D eigenvalue weighted by Gasteiger charge is 2.19. The monoisotopic (exact) mass is 295 g/mol. The molecule has 2 rings (SSSR count). The number of ketones is 1. The summed E-state index contributed by atoms with van der Waals surface area (Å²) in [6.45, 7) is 1.73. The molecule has 1 aliphatic rings. The molecule has 0 bridgehead atoms. The number of rotatable bonds is 6. The summed E-state index contributed by atoms with van der Waals surface area (Å²) in [5, 5.41) is 0. The summed E-state index contributed by atoms with van der Waals surface area (Å²) in [5.74, 6) is -0.175. The second-order valence-electron chi connectivity index (χ2n) is 5.45. The molecule has 4 nitrogen and oxygen atoms in total. The number of likely N-dealkylation sites (N-methyl/N-ethyl adjacent to an activating group) is 1. The van der Waals surface area contributed by atoms with E-state index in [0.717, 1.165) is 19.4 Å². The Balaban J connectivity index is 1.95. The third kappa shape index (κ3) is 4.51. The Morgan fingerprint density at radius 3 is 2.95 bits per heavy atom. The van der Waals surface area contributed by atoms with Crippen LogP contribution in [0.15, 0.2) is 18.2 Å². The molecular formula is C16H22FNO3. The lowest BCUT2D eigenvalue weighted by Crippen LogP contribution is -2.36. The van der Waals surface area contributed by atoms with Gasteiger partial charge in [-0.1, -0.05) is 0 Å². The maximum Gasteiger partial charge on any atom is 0.180 e. The Labute approximate surface area is 124 Å². The normalized spacial score (nSPS) is 18.8. The van der Waals surface area contributed by atoms with E-state index in [9.17, 15) is 9.18 Å². The van der Waals surface area contributed by atoms with Crippen LogP contribution >= 0.6 is 0 Å². The molecule has 5 heteroatoms. The Morgan fingerprint density at radius 2 is 2.29 bits per heavy atom. The van der Waals surface area contributed by atoms with Gasteiger partial charge in [-0.25, -0.2) is 4.39 Å². The van der Waals surface area contributed by atoms with E-state index in [-0.39, 0.29) is 24.0 Å². The number of carbonyl (C=O) groups excluding carboxylic acids is 1. The Kier molecular flexibility index (Phi) is 5.70. The maximum absolute atomic E-state index is 13.3. The highest BCUT2D eigenvalue weighted by atomic mass is 19.1. The highest BCUT2D eigenvalue weighted by Crippen LogP contribution is 2.20. The molecule has 0 radical (unpaired) electrons. The SMILES string of the molecule is COc1ccc(F)cc1C(=O)CN(C)CC1CCCCO1. The van der Waals surface area contributed by atoms with Crippen molar-refractivity contribution in [1.82, 2.24) is 4.90 Å². The number of Topliss-reactive ketones (excluding diaryl/α,β-unsaturated/α-hetero) is 1. The molecule has 1 unspecified atom stereocenters. The first-order valence-electron chi connectivity index (χ1n) is 7.27. The number of carbonyl (C=O) groups is 1. The van der Waals surface area contributed by atoms with Crippen molar-refractivity contribution in [3.8, 4) is 5.75 Å². The second kappa shape index (κ2) is 7.52. The van der Waals surface area contributed by atoms with E-state index < -0.39 is 5.82 Å². The number of methoxy groups -OCH3 is 1. The van der Waals surface area contributed by atoms with E-state index in [4.69, 9.17) is 9.47 Å². The van der Waals surface area contributed by atoms with Gasteiger partial charge in [0.1, 0.15) is 11.6 Å². The average molecular weight is 295 g/mol. The van der Waals surface area contributed by atoms with Gasteiger partial charge in [-0.2, -0.15) is 0 Å². The zero-order valence-corrected chi connectivity index (χ0v) is 12.6. The van der Waals surface area contributed by atoms with Crippen molar-refractivity contribution in [1.29, 1.82) is 0 Å². The summed E-state index contributed by atoms with van der Waals surface area (Å²) in [6, 6.07) is 3.99. The lowest BCUT2D eigenvalue weighted by Gasteiger charge is -2.27. The summed E-state index contributed by atoms with van der Waals surface area (Å²) >= 11 is 0. The van der Waals surface area contributed by atoms with Crippen molar-refractivity contribution in [2.24, 2.45) is 0 Å². The maximum atomic E-state index is 13.3. The van der Waals surface area contributed by atoms with Crippen molar-refractivity contribution in [3.05, 3.63) is 29.6 Å². The Morgan fingerprint density at radius 1 is 1.48 bits per heavy atom. The molecule has 0 spiro atoms. The fraction of sp³-hybridized carbons (Fsp3) is 0.562. The van der Waals surface area contributed by atoms with Gasteiger partial charge < -0.3 is 9.47 Å². The van der Waals surface area contributed by atoms with Crippen LogP contribution in [0, 0.1) is 5.82 Å². The van der Waals surface area contributed by atoms with Crippen LogP contribution in [0.3, 0.4) is 0 Å². The lowest BCUT2D eigenvalue weighted by atomic mass is 10.1. The zero-order valence-electron chi connectivity index (χ0n) is 12.6. The smallest absolute Gasteiger partial charge is 0.180 e. The van der Waals surface area contributed by atoms with Crippen molar-refractivity contribution in [3.63, 3.8) is 0 Å². The van der Waals surface area contributed by atoms with Crippen LogP contribution in [0.25, 0.3) is 0 Å². The van der Waals surface area contributed by atoms with Crippen molar-refractivity contribution in [2.75, 3.05) is 33.9 Å². The molecule has 1 heterocycles. The fourth-order valence-electron chi connectivity index (χ4n) is 2.59. The van der Waals surface area contributed by atoms with E-state index in [0.29, 0.717) is 12.3 Å². The second-order valence-corrected chi connectivity index (χ2v) is 5.45. The number of hydrogen-bond acceptors (Lipinski definition) is 4. The van der Waals surface area contributed by atoms with E-state index in [2.05, 4.69) is 0 Å². The molecule has 0 N–H and O–H groups in total. The topological polar surface area (TPSA) is 38.8 Å². The third-order valence-corrected chi connectivity index (χ3v) is 3.66. The van der Waals surface area contributed by atoms with E-state index >= 15 is 0 Å². The largest absolute Gasteiger partial charge is 0.496 e. The fourth-order valence-corrected chi connectivity index (χ4v) is 2.59. The molecule has 1 aliphatic heterocycles. The van der Waals surface area contributed by atoms with Crippen LogP contribution in [-0.4, -0.2) is 50.6 Å². The molecule has 1 atom stereocenters. The van der Waals surface area contributed by atoms with Gasteiger partial charge in [0.05, 0.1) is 25.3 Å². The first-order valence-corrected chi connectivity index (χ1v) is 7.27. The summed E-state index contributed by atoms with van der Waals surface area (Å²) in [6.07, 6.45) is 3.50. The molecule has 1 saturated heterocycles. The summed E-state index contributed by atoms with van der Waals surface area (Å²) < 4.78 is 24.1. The third-order valence-electron chi connectivity index (χ3n) is 3.66. The van der Waals surface area contributed by atoms with Crippen LogP contribution < -0.4 is 4.74 Å². The van der Waals surface area contributed by atoms with Gasteiger partial charge >= 0.3 is 0 Å². The molecule has 116 valence electrons. The summed E-state index contributed by atoms with van der Waals surface area (Å²) in [4.78, 5) is 14.2. The molecule has 1 aromatic rings. The predicted octanol–water partition coefficient (Wildman–Crippen LogP) is 2.52. The van der Waals surface area contributed by atoms with Crippen LogP contribution in [-0.2, 0) is 4.74 Å². The number of nitrogens with zero attached hydrogens (tertiary/aromatic N) is 1. The number of hydrogen-bond donors (Lipinski definition) is 0. The van der Waals surface area contributed by atoms with E-state index in [1.54, 1.807) is 0 Å². The molecule has 0 aliphatic carbocycles. The molecule has 1 fully saturated rings. The molecule has 1 aromatic carbocycles. The highest BCUT2D eigenvalue weighted by molar-refractivity contribution is 6.00. The predicted molar refractivity (Wildman–Crippen MR) is 78.4 cm³/mol. The average Bonchev–Trinajstić information content (AvgIpc) is 2.48. The number of ether oxygens (including phenoxy) is 2. The number of benzene rings is 1. The minimum absolute atomic E-state index is 0.148. The Hall–Kier alpha value is -1.46. The molecule has 21 heavy (non-hydrogen) atoms. The quantitative estimate of drug-likeness (QED) is 0.756. The lowest BCUT2D eigenvalue weighted by molar-refractivity contribution is -0.000678. The molecule has 0 saturated carbocycles. The van der Waals surface area contributed by atoms with Crippen molar-refractivity contribution in [2.45, 2.75) is 25.4 Å². The summed E-state index contributed by atoms with van der Waals surface area (Å²) in [7, 11) is 3.35. The number of halogens is 1. The van der Waals surface area contributed by atoms with Crippen molar-refractivity contribution >= 4 is 5.78 Å². The molecular weight excluding hydrogens is 273 g/mol.